The fraction of sp³-hybridized carbons (Fsp3) is 0.0769. The van der Waals surface area contributed by atoms with Gasteiger partial charge in [-0.25, -0.2) is 0 Å². The minimum atomic E-state index is -0.150. The highest BCUT2D eigenvalue weighted by Crippen LogP contribution is 2.16. The summed E-state index contributed by atoms with van der Waals surface area (Å²) in [6, 6.07) is 9.33. The average Bonchev–Trinajstić information content (AvgIpc) is 2.41. The molecule has 0 unspecified atom stereocenters. The van der Waals surface area contributed by atoms with Crippen molar-refractivity contribution < 1.29 is 4.79 Å². The highest BCUT2D eigenvalue weighted by Gasteiger charge is 2.10. The molecule has 1 heterocycles. The van der Waals surface area contributed by atoms with Gasteiger partial charge in [0.25, 0.3) is 5.91 Å². The maximum absolute atomic E-state index is 12.1. The van der Waals surface area contributed by atoms with Crippen LogP contribution in [0.25, 0.3) is 0 Å². The summed E-state index contributed by atoms with van der Waals surface area (Å²) >= 11 is 2.22. The highest BCUT2D eigenvalue weighted by molar-refractivity contribution is 14.1. The zero-order valence-corrected chi connectivity index (χ0v) is 11.9. The van der Waals surface area contributed by atoms with E-state index in [-0.39, 0.29) is 5.91 Å². The molecule has 0 aliphatic carbocycles. The lowest BCUT2D eigenvalue weighted by Crippen LogP contribution is -2.14. The number of hydrogen-bond donors (Lipinski definition) is 2. The summed E-state index contributed by atoms with van der Waals surface area (Å²) in [7, 11) is 1.76. The molecular weight excluding hydrogens is 341 g/mol. The fourth-order valence-electron chi connectivity index (χ4n) is 1.52. The summed E-state index contributed by atoms with van der Waals surface area (Å²) in [4.78, 5) is 16.1. The monoisotopic (exact) mass is 353 g/mol. The molecule has 0 atom stereocenters. The van der Waals surface area contributed by atoms with E-state index < -0.39 is 0 Å². The zero-order valence-electron chi connectivity index (χ0n) is 9.77. The van der Waals surface area contributed by atoms with Crippen LogP contribution in [0.1, 0.15) is 10.4 Å². The van der Waals surface area contributed by atoms with Crippen molar-refractivity contribution >= 4 is 39.9 Å². The standard InChI is InChI=1S/C13H12IN3O/c1-15-12-8-16-7-6-11(12)13(18)17-10-4-2-9(14)3-5-10/h2-8,15H,1H3,(H,17,18). The third kappa shape index (κ3) is 2.98. The zero-order chi connectivity index (χ0) is 13.0. The second-order valence-electron chi connectivity index (χ2n) is 3.63. The smallest absolute Gasteiger partial charge is 0.257 e. The van der Waals surface area contributed by atoms with Crippen LogP contribution in [0.4, 0.5) is 11.4 Å². The molecule has 2 N–H and O–H groups in total. The molecule has 0 saturated heterocycles. The molecule has 0 fully saturated rings. The van der Waals surface area contributed by atoms with Crippen LogP contribution < -0.4 is 10.6 Å². The minimum absolute atomic E-state index is 0.150. The van der Waals surface area contributed by atoms with Gasteiger partial charge in [0.1, 0.15) is 0 Å². The van der Waals surface area contributed by atoms with Gasteiger partial charge in [-0.05, 0) is 52.9 Å². The second-order valence-corrected chi connectivity index (χ2v) is 4.88. The van der Waals surface area contributed by atoms with Crippen molar-refractivity contribution in [1.82, 2.24) is 4.98 Å². The van der Waals surface area contributed by atoms with Crippen LogP contribution in [-0.2, 0) is 0 Å². The lowest BCUT2D eigenvalue weighted by molar-refractivity contribution is 0.102. The first kappa shape index (κ1) is 12.8. The largest absolute Gasteiger partial charge is 0.386 e. The van der Waals surface area contributed by atoms with Crippen molar-refractivity contribution in [2.45, 2.75) is 0 Å². The number of pyridine rings is 1. The number of nitrogens with one attached hydrogen (secondary N) is 2. The molecular formula is C13H12IN3O. The normalized spacial score (nSPS) is 9.89. The van der Waals surface area contributed by atoms with Gasteiger partial charge in [-0.3, -0.25) is 9.78 Å². The number of nitrogens with zero attached hydrogens (tertiary/aromatic N) is 1. The van der Waals surface area contributed by atoms with Gasteiger partial charge in [-0.1, -0.05) is 0 Å². The molecule has 0 saturated carbocycles. The molecule has 1 amide bonds. The van der Waals surface area contributed by atoms with E-state index >= 15 is 0 Å². The van der Waals surface area contributed by atoms with Gasteiger partial charge in [0, 0.05) is 22.5 Å². The summed E-state index contributed by atoms with van der Waals surface area (Å²) in [6.07, 6.45) is 3.23. The van der Waals surface area contributed by atoms with Gasteiger partial charge in [0.2, 0.25) is 0 Å². The van der Waals surface area contributed by atoms with Crippen molar-refractivity contribution in [1.29, 1.82) is 0 Å². The Morgan fingerprint density at radius 2 is 1.94 bits per heavy atom. The molecule has 2 aromatic rings. The summed E-state index contributed by atoms with van der Waals surface area (Å²) < 4.78 is 1.13. The Balaban J connectivity index is 2.19. The Morgan fingerprint density at radius 3 is 2.61 bits per heavy atom. The Bertz CT molecular complexity index is 554. The SMILES string of the molecule is CNc1cnccc1C(=O)Nc1ccc(I)cc1. The third-order valence-electron chi connectivity index (χ3n) is 2.44. The number of amides is 1. The first-order valence-corrected chi connectivity index (χ1v) is 6.47. The molecule has 92 valence electrons. The summed E-state index contributed by atoms with van der Waals surface area (Å²) in [5.74, 6) is -0.150. The van der Waals surface area contributed by atoms with E-state index in [0.717, 1.165) is 9.26 Å². The van der Waals surface area contributed by atoms with Gasteiger partial charge in [-0.2, -0.15) is 0 Å². The Labute approximate surface area is 119 Å². The lowest BCUT2D eigenvalue weighted by Gasteiger charge is -2.09. The lowest BCUT2D eigenvalue weighted by atomic mass is 10.2. The summed E-state index contributed by atoms with van der Waals surface area (Å²) in [5.41, 5.74) is 2.06. The van der Waals surface area contributed by atoms with Gasteiger partial charge < -0.3 is 10.6 Å². The maximum Gasteiger partial charge on any atom is 0.257 e. The average molecular weight is 353 g/mol. The molecule has 1 aromatic carbocycles. The summed E-state index contributed by atoms with van der Waals surface area (Å²) in [6.45, 7) is 0. The number of aromatic nitrogens is 1. The van der Waals surface area contributed by atoms with Crippen LogP contribution >= 0.6 is 22.6 Å². The first-order valence-electron chi connectivity index (χ1n) is 5.39. The van der Waals surface area contributed by atoms with Crippen molar-refractivity contribution in [3.63, 3.8) is 0 Å². The number of rotatable bonds is 3. The second kappa shape index (κ2) is 5.81. The van der Waals surface area contributed by atoms with Crippen molar-refractivity contribution in [3.8, 4) is 0 Å². The van der Waals surface area contributed by atoms with E-state index in [1.165, 1.54) is 0 Å². The van der Waals surface area contributed by atoms with Crippen LogP contribution in [0.3, 0.4) is 0 Å². The van der Waals surface area contributed by atoms with Crippen molar-refractivity contribution in [2.24, 2.45) is 0 Å². The van der Waals surface area contributed by atoms with Gasteiger partial charge in [0.05, 0.1) is 17.4 Å². The number of benzene rings is 1. The first-order chi connectivity index (χ1) is 8.70. The molecule has 0 spiro atoms. The molecule has 0 aliphatic rings. The Morgan fingerprint density at radius 1 is 1.22 bits per heavy atom. The predicted octanol–water partition coefficient (Wildman–Crippen LogP) is 2.98. The quantitative estimate of drug-likeness (QED) is 0.835. The predicted molar refractivity (Wildman–Crippen MR) is 80.9 cm³/mol. The van der Waals surface area contributed by atoms with Gasteiger partial charge in [-0.15, -0.1) is 0 Å². The minimum Gasteiger partial charge on any atom is -0.386 e. The van der Waals surface area contributed by atoms with Crippen LogP contribution in [-0.4, -0.2) is 17.9 Å². The molecule has 4 nitrogen and oxygen atoms in total. The third-order valence-corrected chi connectivity index (χ3v) is 3.16. The van der Waals surface area contributed by atoms with Crippen LogP contribution in [0, 0.1) is 3.57 Å². The van der Waals surface area contributed by atoms with E-state index in [0.29, 0.717) is 11.3 Å². The van der Waals surface area contributed by atoms with Gasteiger partial charge >= 0.3 is 0 Å². The van der Waals surface area contributed by atoms with Gasteiger partial charge in [0.15, 0.2) is 0 Å². The number of anilines is 2. The van der Waals surface area contributed by atoms with E-state index in [1.54, 1.807) is 25.5 Å². The van der Waals surface area contributed by atoms with Crippen molar-refractivity contribution in [2.75, 3.05) is 17.7 Å². The molecule has 0 aliphatic heterocycles. The number of carbonyl (C=O) groups excluding carboxylic acids is 1. The van der Waals surface area contributed by atoms with E-state index in [1.807, 2.05) is 24.3 Å². The van der Waals surface area contributed by atoms with Crippen LogP contribution in [0.15, 0.2) is 42.7 Å². The molecule has 2 rings (SSSR count). The van der Waals surface area contributed by atoms with Crippen molar-refractivity contribution in [3.05, 3.63) is 51.9 Å². The van der Waals surface area contributed by atoms with Crippen LogP contribution in [0.5, 0.6) is 0 Å². The van der Waals surface area contributed by atoms with E-state index in [9.17, 15) is 4.79 Å². The molecule has 0 radical (unpaired) electrons. The molecule has 18 heavy (non-hydrogen) atoms. The maximum atomic E-state index is 12.1. The fourth-order valence-corrected chi connectivity index (χ4v) is 1.88. The molecule has 0 bridgehead atoms. The molecule has 1 aromatic heterocycles. The van der Waals surface area contributed by atoms with Crippen LogP contribution in [0.2, 0.25) is 0 Å². The molecule has 5 heteroatoms. The number of hydrogen-bond acceptors (Lipinski definition) is 3. The topological polar surface area (TPSA) is 54.0 Å². The highest BCUT2D eigenvalue weighted by atomic mass is 127. The Kier molecular flexibility index (Phi) is 4.14. The van der Waals surface area contributed by atoms with E-state index in [4.69, 9.17) is 0 Å². The number of carbonyl (C=O) groups is 1. The number of halogens is 1. The van der Waals surface area contributed by atoms with E-state index in [2.05, 4.69) is 38.2 Å². The Hall–Kier alpha value is -1.63. The summed E-state index contributed by atoms with van der Waals surface area (Å²) in [5, 5.41) is 5.80.